The van der Waals surface area contributed by atoms with Crippen LogP contribution >= 0.6 is 0 Å². The van der Waals surface area contributed by atoms with Gasteiger partial charge in [0.2, 0.25) is 0 Å². The van der Waals surface area contributed by atoms with Gasteiger partial charge in [-0.15, -0.1) is 0 Å². The number of ether oxygens (including phenoxy) is 2. The number of hydrogen-bond donors (Lipinski definition) is 0. The van der Waals surface area contributed by atoms with Gasteiger partial charge in [0.15, 0.2) is 6.10 Å². The second-order valence-corrected chi connectivity index (χ2v) is 5.52. The molecule has 0 saturated carbocycles. The van der Waals surface area contributed by atoms with E-state index in [-0.39, 0.29) is 11.5 Å². The third kappa shape index (κ3) is 4.35. The first-order chi connectivity index (χ1) is 11.5. The number of carbonyl (C=O) groups is 2. The van der Waals surface area contributed by atoms with E-state index in [1.54, 1.807) is 36.3 Å². The Labute approximate surface area is 141 Å². The molecule has 0 aliphatic carbocycles. The summed E-state index contributed by atoms with van der Waals surface area (Å²) < 4.78 is 10.2. The van der Waals surface area contributed by atoms with Crippen molar-refractivity contribution in [2.45, 2.75) is 25.9 Å². The SMILES string of the molecule is COc1ccc(/C=C(\C#N)C(=O)O[C@H](C)C(=O)N2CCCC2)cc1. The molecule has 1 heterocycles. The molecule has 1 aliphatic heterocycles. The monoisotopic (exact) mass is 328 g/mol. The van der Waals surface area contributed by atoms with Gasteiger partial charge in [-0.2, -0.15) is 5.26 Å². The van der Waals surface area contributed by atoms with Crippen LogP contribution in [-0.2, 0) is 14.3 Å². The highest BCUT2D eigenvalue weighted by molar-refractivity contribution is 5.99. The number of benzene rings is 1. The van der Waals surface area contributed by atoms with Crippen molar-refractivity contribution in [3.8, 4) is 11.8 Å². The van der Waals surface area contributed by atoms with E-state index in [9.17, 15) is 14.9 Å². The van der Waals surface area contributed by atoms with Gasteiger partial charge in [0.1, 0.15) is 17.4 Å². The van der Waals surface area contributed by atoms with Crippen molar-refractivity contribution in [2.24, 2.45) is 0 Å². The summed E-state index contributed by atoms with van der Waals surface area (Å²) in [4.78, 5) is 26.0. The number of carbonyl (C=O) groups excluding carboxylic acids is 2. The highest BCUT2D eigenvalue weighted by Crippen LogP contribution is 2.15. The number of nitrogens with zero attached hydrogens (tertiary/aromatic N) is 2. The average Bonchev–Trinajstić information content (AvgIpc) is 3.13. The molecule has 1 atom stereocenters. The van der Waals surface area contributed by atoms with Gasteiger partial charge >= 0.3 is 5.97 Å². The second kappa shape index (κ2) is 8.16. The van der Waals surface area contributed by atoms with E-state index in [0.29, 0.717) is 24.4 Å². The summed E-state index contributed by atoms with van der Waals surface area (Å²) in [6.07, 6.45) is 2.46. The quantitative estimate of drug-likeness (QED) is 0.470. The minimum Gasteiger partial charge on any atom is -0.497 e. The van der Waals surface area contributed by atoms with Gasteiger partial charge in [0.05, 0.1) is 7.11 Å². The summed E-state index contributed by atoms with van der Waals surface area (Å²) in [5.41, 5.74) is 0.518. The predicted molar refractivity (Wildman–Crippen MR) is 88.0 cm³/mol. The van der Waals surface area contributed by atoms with Crippen LogP contribution in [0.3, 0.4) is 0 Å². The van der Waals surface area contributed by atoms with Crippen molar-refractivity contribution < 1.29 is 19.1 Å². The van der Waals surface area contributed by atoms with Crippen LogP contribution in [0, 0.1) is 11.3 Å². The molecule has 1 aromatic carbocycles. The molecule has 0 aromatic heterocycles. The van der Waals surface area contributed by atoms with Crippen molar-refractivity contribution in [2.75, 3.05) is 20.2 Å². The maximum atomic E-state index is 12.2. The fourth-order valence-corrected chi connectivity index (χ4v) is 2.47. The van der Waals surface area contributed by atoms with Crippen LogP contribution in [0.15, 0.2) is 29.8 Å². The first-order valence-corrected chi connectivity index (χ1v) is 7.80. The second-order valence-electron chi connectivity index (χ2n) is 5.52. The number of esters is 1. The van der Waals surface area contributed by atoms with Crippen molar-refractivity contribution >= 4 is 18.0 Å². The van der Waals surface area contributed by atoms with Gasteiger partial charge < -0.3 is 14.4 Å². The lowest BCUT2D eigenvalue weighted by molar-refractivity contribution is -0.155. The molecule has 0 N–H and O–H groups in total. The molecule has 0 unspecified atom stereocenters. The fourth-order valence-electron chi connectivity index (χ4n) is 2.47. The molecule has 1 saturated heterocycles. The topological polar surface area (TPSA) is 79.6 Å². The normalized spacial score (nSPS) is 15.5. The van der Waals surface area contributed by atoms with Crippen LogP contribution in [-0.4, -0.2) is 43.1 Å². The highest BCUT2D eigenvalue weighted by atomic mass is 16.5. The summed E-state index contributed by atoms with van der Waals surface area (Å²) in [7, 11) is 1.56. The van der Waals surface area contributed by atoms with Gasteiger partial charge in [-0.1, -0.05) is 12.1 Å². The predicted octanol–water partition coefficient (Wildman–Crippen LogP) is 2.16. The summed E-state index contributed by atoms with van der Waals surface area (Å²) in [5, 5.41) is 9.18. The lowest BCUT2D eigenvalue weighted by Crippen LogP contribution is -2.38. The Hall–Kier alpha value is -2.81. The van der Waals surface area contributed by atoms with Crippen LogP contribution in [0.5, 0.6) is 5.75 Å². The maximum Gasteiger partial charge on any atom is 0.349 e. The zero-order valence-electron chi connectivity index (χ0n) is 13.8. The molecule has 6 nitrogen and oxygen atoms in total. The van der Waals surface area contributed by atoms with Gasteiger partial charge in [-0.25, -0.2) is 4.79 Å². The van der Waals surface area contributed by atoms with Crippen molar-refractivity contribution in [1.29, 1.82) is 5.26 Å². The zero-order chi connectivity index (χ0) is 17.5. The molecular weight excluding hydrogens is 308 g/mol. The third-order valence-corrected chi connectivity index (χ3v) is 3.82. The molecular formula is C18H20N2O4. The number of nitriles is 1. The van der Waals surface area contributed by atoms with Crippen LogP contribution in [0.25, 0.3) is 6.08 Å². The number of methoxy groups -OCH3 is 1. The van der Waals surface area contributed by atoms with Crippen molar-refractivity contribution in [3.63, 3.8) is 0 Å². The maximum absolute atomic E-state index is 12.2. The Morgan fingerprint density at radius 2 is 1.88 bits per heavy atom. The highest BCUT2D eigenvalue weighted by Gasteiger charge is 2.26. The molecule has 0 spiro atoms. The van der Waals surface area contributed by atoms with Gasteiger partial charge in [0, 0.05) is 13.1 Å². The minimum atomic E-state index is -0.900. The Bertz CT molecular complexity index is 667. The van der Waals surface area contributed by atoms with Crippen molar-refractivity contribution in [1.82, 2.24) is 4.90 Å². The molecule has 126 valence electrons. The van der Waals surface area contributed by atoms with Gasteiger partial charge in [0.25, 0.3) is 5.91 Å². The van der Waals surface area contributed by atoms with Crippen LogP contribution in [0.1, 0.15) is 25.3 Å². The Balaban J connectivity index is 2.03. The molecule has 0 radical (unpaired) electrons. The zero-order valence-corrected chi connectivity index (χ0v) is 13.8. The molecule has 0 bridgehead atoms. The largest absolute Gasteiger partial charge is 0.497 e. The Morgan fingerprint density at radius 1 is 1.25 bits per heavy atom. The summed E-state index contributed by atoms with van der Waals surface area (Å²) in [5.74, 6) is -0.339. The number of amides is 1. The molecule has 24 heavy (non-hydrogen) atoms. The molecule has 1 aromatic rings. The summed E-state index contributed by atoms with van der Waals surface area (Å²) in [6.45, 7) is 2.90. The number of rotatable bonds is 5. The molecule has 1 aliphatic rings. The van der Waals surface area contributed by atoms with E-state index < -0.39 is 12.1 Å². The smallest absolute Gasteiger partial charge is 0.349 e. The van der Waals surface area contributed by atoms with Crippen LogP contribution < -0.4 is 4.74 Å². The van der Waals surface area contributed by atoms with Crippen molar-refractivity contribution in [3.05, 3.63) is 35.4 Å². The first kappa shape index (κ1) is 17.5. The fraction of sp³-hybridized carbons (Fsp3) is 0.389. The van der Waals surface area contributed by atoms with E-state index in [4.69, 9.17) is 9.47 Å². The van der Waals surface area contributed by atoms with Crippen LogP contribution in [0.2, 0.25) is 0 Å². The molecule has 1 amide bonds. The third-order valence-electron chi connectivity index (χ3n) is 3.82. The summed E-state index contributed by atoms with van der Waals surface area (Å²) >= 11 is 0. The standard InChI is InChI=1S/C18H20N2O4/c1-13(17(21)20-9-3-4-10-20)24-18(22)15(12-19)11-14-5-7-16(23-2)8-6-14/h5-8,11,13H,3-4,9-10H2,1-2H3/b15-11+/t13-/m1/s1. The Morgan fingerprint density at radius 3 is 2.42 bits per heavy atom. The first-order valence-electron chi connectivity index (χ1n) is 7.80. The van der Waals surface area contributed by atoms with Gasteiger partial charge in [-0.3, -0.25) is 4.79 Å². The molecule has 6 heteroatoms. The van der Waals surface area contributed by atoms with Crippen LogP contribution in [0.4, 0.5) is 0 Å². The number of hydrogen-bond acceptors (Lipinski definition) is 5. The average molecular weight is 328 g/mol. The Kier molecular flexibility index (Phi) is 5.96. The van der Waals surface area contributed by atoms with E-state index in [1.165, 1.54) is 13.0 Å². The summed E-state index contributed by atoms with van der Waals surface area (Å²) in [6, 6.07) is 8.73. The van der Waals surface area contributed by atoms with E-state index in [2.05, 4.69) is 0 Å². The number of likely N-dealkylation sites (tertiary alicyclic amines) is 1. The van der Waals surface area contributed by atoms with E-state index >= 15 is 0 Å². The van der Waals surface area contributed by atoms with E-state index in [0.717, 1.165) is 12.8 Å². The van der Waals surface area contributed by atoms with E-state index in [1.807, 2.05) is 6.07 Å². The lowest BCUT2D eigenvalue weighted by Gasteiger charge is -2.20. The van der Waals surface area contributed by atoms with Gasteiger partial charge in [-0.05, 0) is 43.5 Å². The minimum absolute atomic E-state index is 0.152. The molecule has 1 fully saturated rings. The lowest BCUT2D eigenvalue weighted by atomic mass is 10.1. The molecule has 2 rings (SSSR count).